The number of methoxy groups -OCH3 is 1. The van der Waals surface area contributed by atoms with E-state index in [4.69, 9.17) is 0 Å². The lowest BCUT2D eigenvalue weighted by Crippen LogP contribution is -2.30. The van der Waals surface area contributed by atoms with Crippen molar-refractivity contribution in [2.75, 3.05) is 26.7 Å². The molecule has 1 heterocycles. The number of nitrogens with one attached hydrogen (secondary N) is 1. The van der Waals surface area contributed by atoms with Crippen molar-refractivity contribution in [1.29, 1.82) is 0 Å². The van der Waals surface area contributed by atoms with Crippen LogP contribution >= 0.6 is 0 Å². The Morgan fingerprint density at radius 3 is 3.14 bits per heavy atom. The Morgan fingerprint density at radius 1 is 1.64 bits per heavy atom. The number of hydrogen-bond acceptors (Lipinski definition) is 4. The van der Waals surface area contributed by atoms with Crippen molar-refractivity contribution in [2.24, 2.45) is 0 Å². The fourth-order valence-corrected chi connectivity index (χ4v) is 1.19. The van der Waals surface area contributed by atoms with Gasteiger partial charge in [-0.15, -0.1) is 0 Å². The molecule has 1 N–H and O–H groups in total. The van der Waals surface area contributed by atoms with Gasteiger partial charge in [-0.05, 0) is 6.42 Å². The normalized spacial score (nSPS) is 17.8. The third-order valence-corrected chi connectivity index (χ3v) is 1.91. The van der Waals surface area contributed by atoms with Gasteiger partial charge < -0.3 is 15.0 Å². The number of carbonyl (C=O) groups excluding carboxylic acids is 2. The van der Waals surface area contributed by atoms with Crippen molar-refractivity contribution in [3.8, 4) is 0 Å². The van der Waals surface area contributed by atoms with Gasteiger partial charge in [0.15, 0.2) is 0 Å². The standard InChI is InChI=1S/C9H14N2O3/c1-14-9(13)3-6-11-5-2-4-10-8(12)7-11/h3,6H,2,4-5,7H2,1H3,(H,10,12)/b6-3+. The van der Waals surface area contributed by atoms with Crippen LogP contribution in [0, 0.1) is 0 Å². The number of nitrogens with zero attached hydrogens (tertiary/aromatic N) is 1. The van der Waals surface area contributed by atoms with E-state index < -0.39 is 5.97 Å². The quantitative estimate of drug-likeness (QED) is 0.480. The molecule has 0 atom stereocenters. The highest BCUT2D eigenvalue weighted by Crippen LogP contribution is 1.97. The Balaban J connectivity index is 2.46. The highest BCUT2D eigenvalue weighted by atomic mass is 16.5. The SMILES string of the molecule is COC(=O)/C=C/N1CCCNC(=O)C1. The first-order valence-electron chi connectivity index (χ1n) is 4.49. The van der Waals surface area contributed by atoms with E-state index >= 15 is 0 Å². The molecule has 5 heteroatoms. The fourth-order valence-electron chi connectivity index (χ4n) is 1.19. The largest absolute Gasteiger partial charge is 0.466 e. The summed E-state index contributed by atoms with van der Waals surface area (Å²) in [7, 11) is 1.32. The Labute approximate surface area is 82.7 Å². The lowest BCUT2D eigenvalue weighted by Gasteiger charge is -2.14. The van der Waals surface area contributed by atoms with Crippen molar-refractivity contribution < 1.29 is 14.3 Å². The molecule has 78 valence electrons. The molecule has 1 aliphatic rings. The molecular formula is C9H14N2O3. The second kappa shape index (κ2) is 5.26. The summed E-state index contributed by atoms with van der Waals surface area (Å²) in [5.74, 6) is -0.424. The lowest BCUT2D eigenvalue weighted by atomic mass is 10.4. The third kappa shape index (κ3) is 3.47. The van der Waals surface area contributed by atoms with Gasteiger partial charge in [0.2, 0.25) is 5.91 Å². The van der Waals surface area contributed by atoms with Crippen molar-refractivity contribution in [3.63, 3.8) is 0 Å². The van der Waals surface area contributed by atoms with Gasteiger partial charge >= 0.3 is 5.97 Å². The Kier molecular flexibility index (Phi) is 3.97. The molecule has 1 rings (SSSR count). The second-order valence-electron chi connectivity index (χ2n) is 3.01. The van der Waals surface area contributed by atoms with E-state index in [0.717, 1.165) is 13.0 Å². The van der Waals surface area contributed by atoms with Crippen molar-refractivity contribution in [1.82, 2.24) is 10.2 Å². The summed E-state index contributed by atoms with van der Waals surface area (Å²) in [4.78, 5) is 23.7. The zero-order chi connectivity index (χ0) is 10.4. The fraction of sp³-hybridized carbons (Fsp3) is 0.556. The lowest BCUT2D eigenvalue weighted by molar-refractivity contribution is -0.135. The molecule has 0 bridgehead atoms. The van der Waals surface area contributed by atoms with Crippen molar-refractivity contribution >= 4 is 11.9 Å². The van der Waals surface area contributed by atoms with Crippen LogP contribution in [-0.4, -0.2) is 43.5 Å². The van der Waals surface area contributed by atoms with Crippen molar-refractivity contribution in [2.45, 2.75) is 6.42 Å². The summed E-state index contributed by atoms with van der Waals surface area (Å²) in [6.07, 6.45) is 3.80. The Hall–Kier alpha value is -1.52. The Morgan fingerprint density at radius 2 is 2.43 bits per heavy atom. The van der Waals surface area contributed by atoms with Crippen LogP contribution in [0.5, 0.6) is 0 Å². The molecule has 1 fully saturated rings. The van der Waals surface area contributed by atoms with Gasteiger partial charge in [-0.3, -0.25) is 4.79 Å². The predicted octanol–water partition coefficient (Wildman–Crippen LogP) is -0.505. The van der Waals surface area contributed by atoms with Crippen LogP contribution in [0.4, 0.5) is 0 Å². The van der Waals surface area contributed by atoms with Gasteiger partial charge in [0.05, 0.1) is 13.7 Å². The first-order chi connectivity index (χ1) is 6.72. The van der Waals surface area contributed by atoms with E-state index in [9.17, 15) is 9.59 Å². The van der Waals surface area contributed by atoms with Crippen LogP contribution in [0.2, 0.25) is 0 Å². The van der Waals surface area contributed by atoms with Gasteiger partial charge in [0.1, 0.15) is 0 Å². The van der Waals surface area contributed by atoms with Crippen LogP contribution in [0.15, 0.2) is 12.3 Å². The van der Waals surface area contributed by atoms with Crippen LogP contribution in [0.3, 0.4) is 0 Å². The maximum Gasteiger partial charge on any atom is 0.331 e. The molecule has 0 aromatic carbocycles. The first-order valence-corrected chi connectivity index (χ1v) is 4.49. The average Bonchev–Trinajstić information content (AvgIpc) is 2.39. The summed E-state index contributed by atoms with van der Waals surface area (Å²) in [6, 6.07) is 0. The van der Waals surface area contributed by atoms with E-state index in [0.29, 0.717) is 13.1 Å². The zero-order valence-corrected chi connectivity index (χ0v) is 8.16. The smallest absolute Gasteiger partial charge is 0.331 e. The maximum absolute atomic E-state index is 11.1. The molecule has 1 amide bonds. The van der Waals surface area contributed by atoms with Crippen LogP contribution in [0.1, 0.15) is 6.42 Å². The molecule has 14 heavy (non-hydrogen) atoms. The molecule has 5 nitrogen and oxygen atoms in total. The van der Waals surface area contributed by atoms with Gasteiger partial charge in [-0.1, -0.05) is 0 Å². The Bertz CT molecular complexity index is 250. The minimum absolute atomic E-state index is 0.0167. The summed E-state index contributed by atoms with van der Waals surface area (Å²) >= 11 is 0. The molecule has 0 aromatic rings. The number of amides is 1. The van der Waals surface area contributed by atoms with E-state index in [1.165, 1.54) is 13.2 Å². The number of ether oxygens (including phenoxy) is 1. The molecule has 0 saturated carbocycles. The van der Waals surface area contributed by atoms with E-state index in [-0.39, 0.29) is 5.91 Å². The number of esters is 1. The first kappa shape index (κ1) is 10.6. The van der Waals surface area contributed by atoms with E-state index in [1.807, 2.05) is 0 Å². The summed E-state index contributed by atoms with van der Waals surface area (Å²) in [5.41, 5.74) is 0. The van der Waals surface area contributed by atoms with E-state index in [2.05, 4.69) is 10.1 Å². The zero-order valence-electron chi connectivity index (χ0n) is 8.16. The second-order valence-corrected chi connectivity index (χ2v) is 3.01. The third-order valence-electron chi connectivity index (χ3n) is 1.91. The summed E-state index contributed by atoms with van der Waals surface area (Å²) in [6.45, 7) is 1.77. The van der Waals surface area contributed by atoms with Gasteiger partial charge in [-0.25, -0.2) is 4.79 Å². The number of carbonyl (C=O) groups is 2. The van der Waals surface area contributed by atoms with Crippen LogP contribution in [-0.2, 0) is 14.3 Å². The monoisotopic (exact) mass is 198 g/mol. The molecule has 0 radical (unpaired) electrons. The average molecular weight is 198 g/mol. The molecule has 0 unspecified atom stereocenters. The summed E-state index contributed by atoms with van der Waals surface area (Å²) in [5, 5.41) is 2.75. The minimum Gasteiger partial charge on any atom is -0.466 e. The molecule has 0 aliphatic carbocycles. The highest BCUT2D eigenvalue weighted by Gasteiger charge is 2.10. The topological polar surface area (TPSA) is 58.6 Å². The molecule has 0 aromatic heterocycles. The predicted molar refractivity (Wildman–Crippen MR) is 50.4 cm³/mol. The van der Waals surface area contributed by atoms with Gasteiger partial charge in [0, 0.05) is 25.4 Å². The summed E-state index contributed by atoms with van der Waals surface area (Å²) < 4.78 is 4.45. The number of rotatable bonds is 2. The van der Waals surface area contributed by atoms with Gasteiger partial charge in [-0.2, -0.15) is 0 Å². The van der Waals surface area contributed by atoms with Crippen molar-refractivity contribution in [3.05, 3.63) is 12.3 Å². The van der Waals surface area contributed by atoms with E-state index in [1.54, 1.807) is 11.1 Å². The molecule has 0 spiro atoms. The maximum atomic E-state index is 11.1. The van der Waals surface area contributed by atoms with Crippen LogP contribution in [0.25, 0.3) is 0 Å². The molecule has 1 aliphatic heterocycles. The highest BCUT2D eigenvalue weighted by molar-refractivity contribution is 5.82. The molecule has 1 saturated heterocycles. The number of hydrogen-bond donors (Lipinski definition) is 1. The van der Waals surface area contributed by atoms with Gasteiger partial charge in [0.25, 0.3) is 0 Å². The molecular weight excluding hydrogens is 184 g/mol. The minimum atomic E-state index is -0.408. The van der Waals surface area contributed by atoms with Crippen LogP contribution < -0.4 is 5.32 Å².